The second-order valence-corrected chi connectivity index (χ2v) is 6.19. The van der Waals surface area contributed by atoms with Crippen molar-refractivity contribution in [2.45, 2.75) is 47.0 Å². The van der Waals surface area contributed by atoms with Crippen molar-refractivity contribution in [3.63, 3.8) is 0 Å². The third kappa shape index (κ3) is 7.31. The van der Waals surface area contributed by atoms with Crippen LogP contribution < -0.4 is 5.32 Å². The normalized spacial score (nSPS) is 11.1. The first-order chi connectivity index (χ1) is 13.0. The number of pyridine rings is 1. The van der Waals surface area contributed by atoms with Crippen LogP contribution in [-0.4, -0.2) is 28.5 Å². The number of nitrogens with zero attached hydrogens (tertiary/aromatic N) is 1. The van der Waals surface area contributed by atoms with Crippen LogP contribution in [0.4, 0.5) is 0 Å². The van der Waals surface area contributed by atoms with Crippen molar-refractivity contribution in [1.82, 2.24) is 10.3 Å². The van der Waals surface area contributed by atoms with Gasteiger partial charge in [-0.15, -0.1) is 0 Å². The van der Waals surface area contributed by atoms with Gasteiger partial charge in [-0.2, -0.15) is 0 Å². The average molecular weight is 370 g/mol. The number of ketones is 1. The van der Waals surface area contributed by atoms with E-state index in [4.69, 9.17) is 5.11 Å². The topological polar surface area (TPSA) is 79.3 Å². The molecule has 0 radical (unpaired) electrons. The van der Waals surface area contributed by atoms with Gasteiger partial charge in [-0.1, -0.05) is 52.0 Å². The van der Waals surface area contributed by atoms with E-state index in [9.17, 15) is 9.59 Å². The van der Waals surface area contributed by atoms with Crippen LogP contribution in [0.25, 0.3) is 0 Å². The number of hydrogen-bond donors (Lipinski definition) is 2. The predicted octanol–water partition coefficient (Wildman–Crippen LogP) is 3.54. The van der Waals surface area contributed by atoms with Gasteiger partial charge < -0.3 is 10.4 Å². The largest absolute Gasteiger partial charge is 0.376 e. The molecule has 2 N–H and O–H groups in total. The molecule has 27 heavy (non-hydrogen) atoms. The summed E-state index contributed by atoms with van der Waals surface area (Å²) in [5, 5.41) is 11.1. The second kappa shape index (κ2) is 12.0. The summed E-state index contributed by atoms with van der Waals surface area (Å²) in [5.74, 6) is 0.0105. The minimum Gasteiger partial charge on any atom is -0.376 e. The third-order valence-corrected chi connectivity index (χ3v) is 4.27. The molecule has 0 aliphatic carbocycles. The number of carbonyl (C=O) groups excluding carboxylic acids is 2. The van der Waals surface area contributed by atoms with Crippen molar-refractivity contribution in [1.29, 1.82) is 0 Å². The molecule has 2 rings (SSSR count). The summed E-state index contributed by atoms with van der Waals surface area (Å²) in [4.78, 5) is 27.8. The van der Waals surface area contributed by atoms with Crippen molar-refractivity contribution < 1.29 is 14.7 Å². The molecule has 1 unspecified atom stereocenters. The highest BCUT2D eigenvalue weighted by molar-refractivity contribution is 5.93. The van der Waals surface area contributed by atoms with Gasteiger partial charge in [0.2, 0.25) is 0 Å². The van der Waals surface area contributed by atoms with Gasteiger partial charge in [0.15, 0.2) is 0 Å². The number of aliphatic hydroxyl groups excluding tert-OH is 1. The van der Waals surface area contributed by atoms with Crippen LogP contribution in [0, 0.1) is 5.92 Å². The fraction of sp³-hybridized carbons (Fsp3) is 0.409. The summed E-state index contributed by atoms with van der Waals surface area (Å²) >= 11 is 0. The Labute approximate surface area is 161 Å². The molecule has 0 saturated heterocycles. The number of amides is 1. The highest BCUT2D eigenvalue weighted by Gasteiger charge is 2.11. The maximum absolute atomic E-state index is 12.0. The number of carbonyl (C=O) groups is 2. The lowest BCUT2D eigenvalue weighted by Gasteiger charge is -2.08. The Morgan fingerprint density at radius 3 is 2.30 bits per heavy atom. The van der Waals surface area contributed by atoms with Gasteiger partial charge in [0.1, 0.15) is 12.5 Å². The van der Waals surface area contributed by atoms with Crippen LogP contribution in [-0.2, 0) is 17.6 Å². The van der Waals surface area contributed by atoms with Crippen LogP contribution in [0.15, 0.2) is 42.7 Å². The maximum atomic E-state index is 12.0. The Morgan fingerprint density at radius 1 is 1.07 bits per heavy atom. The van der Waals surface area contributed by atoms with E-state index >= 15 is 0 Å². The zero-order chi connectivity index (χ0) is 20.2. The maximum Gasteiger partial charge on any atom is 0.254 e. The van der Waals surface area contributed by atoms with Crippen molar-refractivity contribution in [3.8, 4) is 0 Å². The zero-order valence-corrected chi connectivity index (χ0v) is 16.7. The summed E-state index contributed by atoms with van der Waals surface area (Å²) in [6.07, 6.45) is 5.17. The molecule has 0 saturated carbocycles. The molecule has 0 aliphatic heterocycles. The van der Waals surface area contributed by atoms with Crippen LogP contribution in [0.2, 0.25) is 0 Å². The quantitative estimate of drug-likeness (QED) is 0.697. The van der Waals surface area contributed by atoms with E-state index in [0.29, 0.717) is 18.4 Å². The van der Waals surface area contributed by atoms with Crippen LogP contribution >= 0.6 is 0 Å². The highest BCUT2D eigenvalue weighted by Crippen LogP contribution is 2.14. The van der Waals surface area contributed by atoms with E-state index in [1.165, 1.54) is 6.20 Å². The Kier molecular flexibility index (Phi) is 9.98. The lowest BCUT2D eigenvalue weighted by atomic mass is 9.96. The number of Topliss-reactive ketones (excluding diaryl/α,β-unsaturated/α-hetero) is 1. The molecule has 146 valence electrons. The molecule has 5 heteroatoms. The number of benzene rings is 1. The molecule has 1 heterocycles. The van der Waals surface area contributed by atoms with Crippen molar-refractivity contribution in [3.05, 3.63) is 65.0 Å². The van der Waals surface area contributed by atoms with Crippen LogP contribution in [0.1, 0.15) is 61.2 Å². The standard InChI is InChI=1S/C20H24N2O3.C2H6/c1-3-14(2)19(24)10-16-6-4-15(5-7-16)8-17-9-18(12-21-11-17)20(25)22-13-23;1-2/h4-7,9,11-12,14,23H,3,8,10,13H2,1-2H3,(H,22,25);1-2H3. The fourth-order valence-electron chi connectivity index (χ4n) is 2.50. The van der Waals surface area contributed by atoms with Gasteiger partial charge in [0.25, 0.3) is 5.91 Å². The molecule has 0 spiro atoms. The van der Waals surface area contributed by atoms with Crippen molar-refractivity contribution >= 4 is 11.7 Å². The van der Waals surface area contributed by atoms with E-state index in [1.807, 2.05) is 52.0 Å². The van der Waals surface area contributed by atoms with Crippen LogP contribution in [0.5, 0.6) is 0 Å². The molecule has 1 aromatic heterocycles. The highest BCUT2D eigenvalue weighted by atomic mass is 16.3. The van der Waals surface area contributed by atoms with Crippen LogP contribution in [0.3, 0.4) is 0 Å². The molecule has 0 bridgehead atoms. The first-order valence-corrected chi connectivity index (χ1v) is 9.47. The van der Waals surface area contributed by atoms with Crippen molar-refractivity contribution in [2.24, 2.45) is 5.92 Å². The summed E-state index contributed by atoms with van der Waals surface area (Å²) in [6.45, 7) is 7.58. The van der Waals surface area contributed by atoms with E-state index in [1.54, 1.807) is 12.3 Å². The molecule has 0 fully saturated rings. The summed E-state index contributed by atoms with van der Waals surface area (Å²) in [7, 11) is 0. The smallest absolute Gasteiger partial charge is 0.254 e. The monoisotopic (exact) mass is 370 g/mol. The molecule has 1 amide bonds. The van der Waals surface area contributed by atoms with Gasteiger partial charge in [0, 0.05) is 24.7 Å². The second-order valence-electron chi connectivity index (χ2n) is 6.19. The third-order valence-electron chi connectivity index (χ3n) is 4.27. The van der Waals surface area contributed by atoms with Gasteiger partial charge in [-0.3, -0.25) is 14.6 Å². The predicted molar refractivity (Wildman–Crippen MR) is 108 cm³/mol. The van der Waals surface area contributed by atoms with Crippen molar-refractivity contribution in [2.75, 3.05) is 6.73 Å². The molecule has 5 nitrogen and oxygen atoms in total. The van der Waals surface area contributed by atoms with Gasteiger partial charge in [-0.25, -0.2) is 0 Å². The first kappa shape index (κ1) is 22.5. The summed E-state index contributed by atoms with van der Waals surface area (Å²) in [5.41, 5.74) is 3.43. The summed E-state index contributed by atoms with van der Waals surface area (Å²) < 4.78 is 0. The first-order valence-electron chi connectivity index (χ1n) is 9.47. The molecule has 1 atom stereocenters. The minimum atomic E-state index is -0.403. The Hall–Kier alpha value is -2.53. The molecule has 1 aromatic carbocycles. The number of aromatic nitrogens is 1. The van der Waals surface area contributed by atoms with E-state index in [-0.39, 0.29) is 17.6 Å². The van der Waals surface area contributed by atoms with E-state index in [0.717, 1.165) is 23.1 Å². The molecular formula is C22H30N2O3. The van der Waals surface area contributed by atoms with Gasteiger partial charge in [-0.05, 0) is 35.6 Å². The molecule has 2 aromatic rings. The lowest BCUT2D eigenvalue weighted by Crippen LogP contribution is -2.24. The SMILES string of the molecule is CC.CCC(C)C(=O)Cc1ccc(Cc2cncc(C(=O)NCO)c2)cc1. The van der Waals surface area contributed by atoms with E-state index in [2.05, 4.69) is 10.3 Å². The van der Waals surface area contributed by atoms with E-state index < -0.39 is 6.73 Å². The number of hydrogen-bond acceptors (Lipinski definition) is 4. The number of nitrogens with one attached hydrogen (secondary N) is 1. The Morgan fingerprint density at radius 2 is 1.70 bits per heavy atom. The van der Waals surface area contributed by atoms with Gasteiger partial charge in [0.05, 0.1) is 5.56 Å². The summed E-state index contributed by atoms with van der Waals surface area (Å²) in [6, 6.07) is 9.72. The van der Waals surface area contributed by atoms with Gasteiger partial charge >= 0.3 is 0 Å². The Balaban J connectivity index is 0.00000176. The minimum absolute atomic E-state index is 0.0959. The fourth-order valence-corrected chi connectivity index (χ4v) is 2.50. The Bertz CT molecular complexity index is 727. The number of aliphatic hydroxyl groups is 1. The molecule has 0 aliphatic rings. The molecular weight excluding hydrogens is 340 g/mol. The average Bonchev–Trinajstić information content (AvgIpc) is 2.70. The lowest BCUT2D eigenvalue weighted by molar-refractivity contribution is -0.121. The number of rotatable bonds is 8. The zero-order valence-electron chi connectivity index (χ0n) is 16.7.